The van der Waals surface area contributed by atoms with Crippen molar-refractivity contribution in [1.29, 1.82) is 0 Å². The molecule has 148 valence electrons. The maximum Gasteiger partial charge on any atom is 0.265 e. The molecule has 5 nitrogen and oxygen atoms in total. The lowest BCUT2D eigenvalue weighted by molar-refractivity contribution is -0.122. The van der Waals surface area contributed by atoms with E-state index in [9.17, 15) is 9.59 Å². The van der Waals surface area contributed by atoms with Crippen LogP contribution in [0.1, 0.15) is 49.4 Å². The molecular formula is C22H25ClN2O3. The van der Waals surface area contributed by atoms with Gasteiger partial charge in [0.1, 0.15) is 5.75 Å². The van der Waals surface area contributed by atoms with Gasteiger partial charge in [0.15, 0.2) is 6.10 Å². The Morgan fingerprint density at radius 3 is 2.50 bits per heavy atom. The minimum Gasteiger partial charge on any atom is -0.481 e. The summed E-state index contributed by atoms with van der Waals surface area (Å²) in [6.07, 6.45) is 4.83. The van der Waals surface area contributed by atoms with Gasteiger partial charge in [0.25, 0.3) is 11.8 Å². The molecule has 0 saturated heterocycles. The second-order valence-corrected chi connectivity index (χ2v) is 7.47. The predicted octanol–water partition coefficient (Wildman–Crippen LogP) is 4.81. The van der Waals surface area contributed by atoms with Gasteiger partial charge in [-0.3, -0.25) is 9.59 Å². The molecular weight excluding hydrogens is 376 g/mol. The van der Waals surface area contributed by atoms with Gasteiger partial charge < -0.3 is 15.4 Å². The highest BCUT2D eigenvalue weighted by Gasteiger charge is 2.19. The lowest BCUT2D eigenvalue weighted by atomic mass is 9.95. The quantitative estimate of drug-likeness (QED) is 0.731. The molecule has 0 aromatic heterocycles. The van der Waals surface area contributed by atoms with E-state index in [-0.39, 0.29) is 17.9 Å². The first-order chi connectivity index (χ1) is 13.5. The number of para-hydroxylation sites is 1. The average molecular weight is 401 g/mol. The van der Waals surface area contributed by atoms with Crippen LogP contribution in [-0.2, 0) is 4.79 Å². The Morgan fingerprint density at radius 2 is 1.79 bits per heavy atom. The Bertz CT molecular complexity index is 820. The van der Waals surface area contributed by atoms with Gasteiger partial charge in [0, 0.05) is 11.6 Å². The highest BCUT2D eigenvalue weighted by Crippen LogP contribution is 2.24. The summed E-state index contributed by atoms with van der Waals surface area (Å²) in [6.45, 7) is 1.66. The average Bonchev–Trinajstić information content (AvgIpc) is 2.71. The van der Waals surface area contributed by atoms with Crippen LogP contribution in [0.3, 0.4) is 0 Å². The Morgan fingerprint density at radius 1 is 1.07 bits per heavy atom. The van der Waals surface area contributed by atoms with Gasteiger partial charge in [-0.1, -0.05) is 49.1 Å². The fraction of sp³-hybridized carbons (Fsp3) is 0.364. The number of hydrogen-bond acceptors (Lipinski definition) is 3. The van der Waals surface area contributed by atoms with Gasteiger partial charge in [-0.05, 0) is 50.1 Å². The lowest BCUT2D eigenvalue weighted by Gasteiger charge is -2.23. The molecule has 2 aromatic rings. The van der Waals surface area contributed by atoms with E-state index in [1.165, 1.54) is 6.42 Å². The SMILES string of the molecule is C[C@H](Oc1ccccc1)C(=O)Nc1cc(C(=O)NC2CCCCC2)ccc1Cl. The molecule has 28 heavy (non-hydrogen) atoms. The molecule has 0 radical (unpaired) electrons. The van der Waals surface area contributed by atoms with Crippen LogP contribution in [0.5, 0.6) is 5.75 Å². The smallest absolute Gasteiger partial charge is 0.265 e. The fourth-order valence-corrected chi connectivity index (χ4v) is 3.43. The molecule has 1 aliphatic rings. The highest BCUT2D eigenvalue weighted by atomic mass is 35.5. The summed E-state index contributed by atoms with van der Waals surface area (Å²) in [7, 11) is 0. The second-order valence-electron chi connectivity index (χ2n) is 7.07. The molecule has 1 fully saturated rings. The van der Waals surface area contributed by atoms with Crippen LogP contribution in [0, 0.1) is 0 Å². The zero-order chi connectivity index (χ0) is 19.9. The Balaban J connectivity index is 1.63. The summed E-state index contributed by atoms with van der Waals surface area (Å²) in [4.78, 5) is 25.0. The molecule has 1 saturated carbocycles. The van der Waals surface area contributed by atoms with E-state index in [1.54, 1.807) is 37.3 Å². The van der Waals surface area contributed by atoms with Crippen LogP contribution in [0.25, 0.3) is 0 Å². The molecule has 2 aromatic carbocycles. The molecule has 1 aliphatic carbocycles. The van der Waals surface area contributed by atoms with Gasteiger partial charge in [0.2, 0.25) is 0 Å². The molecule has 1 atom stereocenters. The van der Waals surface area contributed by atoms with Crippen LogP contribution in [0.15, 0.2) is 48.5 Å². The maximum absolute atomic E-state index is 12.5. The number of halogens is 1. The number of ether oxygens (including phenoxy) is 1. The first-order valence-electron chi connectivity index (χ1n) is 9.66. The number of nitrogens with one attached hydrogen (secondary N) is 2. The van der Waals surface area contributed by atoms with Crippen molar-refractivity contribution >= 4 is 29.1 Å². The molecule has 0 unspecified atom stereocenters. The van der Waals surface area contributed by atoms with Crippen molar-refractivity contribution in [3.05, 3.63) is 59.1 Å². The van der Waals surface area contributed by atoms with Crippen molar-refractivity contribution in [1.82, 2.24) is 5.32 Å². The monoisotopic (exact) mass is 400 g/mol. The van der Waals surface area contributed by atoms with Crippen molar-refractivity contribution < 1.29 is 14.3 Å². The van der Waals surface area contributed by atoms with E-state index in [1.807, 2.05) is 18.2 Å². The highest BCUT2D eigenvalue weighted by molar-refractivity contribution is 6.34. The van der Waals surface area contributed by atoms with Crippen LogP contribution < -0.4 is 15.4 Å². The van der Waals surface area contributed by atoms with Gasteiger partial charge >= 0.3 is 0 Å². The van der Waals surface area contributed by atoms with Crippen molar-refractivity contribution in [3.63, 3.8) is 0 Å². The summed E-state index contributed by atoms with van der Waals surface area (Å²) < 4.78 is 5.63. The van der Waals surface area contributed by atoms with Crippen LogP contribution in [0.2, 0.25) is 5.02 Å². The van der Waals surface area contributed by atoms with Gasteiger partial charge in [-0.15, -0.1) is 0 Å². The summed E-state index contributed by atoms with van der Waals surface area (Å²) in [5.74, 6) is 0.125. The Labute approximate surface area is 170 Å². The molecule has 0 spiro atoms. The van der Waals surface area contributed by atoms with Crippen molar-refractivity contribution in [2.75, 3.05) is 5.32 Å². The number of anilines is 1. The molecule has 0 bridgehead atoms. The lowest BCUT2D eigenvalue weighted by Crippen LogP contribution is -2.36. The van der Waals surface area contributed by atoms with Gasteiger partial charge in [-0.2, -0.15) is 0 Å². The molecule has 3 rings (SSSR count). The summed E-state index contributed by atoms with van der Waals surface area (Å²) >= 11 is 6.21. The molecule has 6 heteroatoms. The zero-order valence-electron chi connectivity index (χ0n) is 15.9. The first kappa shape index (κ1) is 20.2. The number of amides is 2. The summed E-state index contributed by atoms with van der Waals surface area (Å²) in [5.41, 5.74) is 0.869. The van der Waals surface area contributed by atoms with Gasteiger partial charge in [-0.25, -0.2) is 0 Å². The first-order valence-corrected chi connectivity index (χ1v) is 10.0. The van der Waals surface area contributed by atoms with E-state index in [2.05, 4.69) is 10.6 Å². The van der Waals surface area contributed by atoms with Crippen molar-refractivity contribution in [2.24, 2.45) is 0 Å². The Hall–Kier alpha value is -2.53. The maximum atomic E-state index is 12.5. The van der Waals surface area contributed by atoms with E-state index in [4.69, 9.17) is 16.3 Å². The molecule has 2 N–H and O–H groups in total. The van der Waals surface area contributed by atoms with Crippen molar-refractivity contribution in [3.8, 4) is 5.75 Å². The van der Waals surface area contributed by atoms with Crippen LogP contribution in [-0.4, -0.2) is 24.0 Å². The number of carbonyl (C=O) groups is 2. The summed E-state index contributed by atoms with van der Waals surface area (Å²) in [5, 5.41) is 6.19. The fourth-order valence-electron chi connectivity index (χ4n) is 3.27. The van der Waals surface area contributed by atoms with E-state index >= 15 is 0 Å². The predicted molar refractivity (Wildman–Crippen MR) is 111 cm³/mol. The van der Waals surface area contributed by atoms with Crippen LogP contribution in [0.4, 0.5) is 5.69 Å². The van der Waals surface area contributed by atoms with Crippen LogP contribution >= 0.6 is 11.6 Å². The number of rotatable bonds is 6. The molecule has 2 amide bonds. The number of carbonyl (C=O) groups excluding carboxylic acids is 2. The normalized spacial score (nSPS) is 15.5. The van der Waals surface area contributed by atoms with Gasteiger partial charge in [0.05, 0.1) is 10.7 Å². The third-order valence-corrected chi connectivity index (χ3v) is 5.18. The Kier molecular flexibility index (Phi) is 6.93. The number of benzene rings is 2. The largest absolute Gasteiger partial charge is 0.481 e. The van der Waals surface area contributed by atoms with Crippen molar-refractivity contribution in [2.45, 2.75) is 51.2 Å². The van der Waals surface area contributed by atoms with E-state index < -0.39 is 6.10 Å². The second kappa shape index (κ2) is 9.60. The molecule has 0 heterocycles. The zero-order valence-corrected chi connectivity index (χ0v) is 16.7. The van der Waals surface area contributed by atoms with E-state index in [0.29, 0.717) is 22.0 Å². The standard InChI is InChI=1S/C22H25ClN2O3/c1-15(28-18-10-6-3-7-11-18)21(26)25-20-14-16(12-13-19(20)23)22(27)24-17-8-4-2-5-9-17/h3,6-7,10-15,17H,2,4-5,8-9H2,1H3,(H,24,27)(H,25,26)/t15-/m0/s1. The third-order valence-electron chi connectivity index (χ3n) is 4.85. The minimum atomic E-state index is -0.710. The number of hydrogen-bond donors (Lipinski definition) is 2. The topological polar surface area (TPSA) is 67.4 Å². The summed E-state index contributed by atoms with van der Waals surface area (Å²) in [6, 6.07) is 14.2. The third kappa shape index (κ3) is 5.49. The molecule has 0 aliphatic heterocycles. The minimum absolute atomic E-state index is 0.146. The van der Waals surface area contributed by atoms with E-state index in [0.717, 1.165) is 25.7 Å².